The Morgan fingerprint density at radius 3 is 2.09 bits per heavy atom. The lowest BCUT2D eigenvalue weighted by Gasteiger charge is -2.34. The van der Waals surface area contributed by atoms with Crippen molar-refractivity contribution in [3.05, 3.63) is 54.1 Å². The summed E-state index contributed by atoms with van der Waals surface area (Å²) in [5.74, 6) is 1.81. The van der Waals surface area contributed by atoms with Gasteiger partial charge in [-0.05, 0) is 38.5 Å². The Bertz CT molecular complexity index is 1020. The van der Waals surface area contributed by atoms with E-state index in [1.165, 1.54) is 6.33 Å². The summed E-state index contributed by atoms with van der Waals surface area (Å²) in [6, 6.07) is 7.48. The molecular formula is C22H29N9O. The van der Waals surface area contributed by atoms with Crippen molar-refractivity contribution in [1.29, 1.82) is 0 Å². The second-order valence-electron chi connectivity index (χ2n) is 8.45. The van der Waals surface area contributed by atoms with Gasteiger partial charge in [-0.1, -0.05) is 12.1 Å². The van der Waals surface area contributed by atoms with E-state index >= 15 is 0 Å². The third kappa shape index (κ3) is 5.09. The van der Waals surface area contributed by atoms with E-state index in [0.29, 0.717) is 17.8 Å². The van der Waals surface area contributed by atoms with E-state index in [1.807, 2.05) is 31.2 Å². The monoisotopic (exact) mass is 435 g/mol. The molecule has 1 aliphatic rings. The molecule has 0 amide bonds. The maximum atomic E-state index is 10.1. The van der Waals surface area contributed by atoms with E-state index in [4.69, 9.17) is 5.73 Å². The molecular weight excluding hydrogens is 406 g/mol. The lowest BCUT2D eigenvalue weighted by molar-refractivity contribution is 0.0786. The standard InChI is InChI=1S/C22H29N9O/c1-15(23)16-12-24-20(25-13-16)30-8-10-31(11-9-30)21-27-14-26-19(29-21)28-18-6-4-17(5-7-18)22(2,3)32/h4-7,12-15,32H,8-11,23H2,1-3H3,(H,26,27,28,29). The second-order valence-corrected chi connectivity index (χ2v) is 8.45. The first-order chi connectivity index (χ1) is 15.3. The van der Waals surface area contributed by atoms with Crippen LogP contribution in [0.5, 0.6) is 0 Å². The van der Waals surface area contributed by atoms with Crippen LogP contribution in [0.1, 0.15) is 37.9 Å². The largest absolute Gasteiger partial charge is 0.386 e. The number of nitrogens with two attached hydrogens (primary N) is 1. The van der Waals surface area contributed by atoms with Gasteiger partial charge in [0, 0.05) is 55.9 Å². The van der Waals surface area contributed by atoms with Crippen molar-refractivity contribution in [2.24, 2.45) is 5.73 Å². The molecule has 0 aliphatic carbocycles. The van der Waals surface area contributed by atoms with Gasteiger partial charge in [0.1, 0.15) is 6.33 Å². The molecule has 10 nitrogen and oxygen atoms in total. The fourth-order valence-corrected chi connectivity index (χ4v) is 3.43. The van der Waals surface area contributed by atoms with E-state index in [2.05, 4.69) is 40.0 Å². The normalized spacial score (nSPS) is 15.5. The summed E-state index contributed by atoms with van der Waals surface area (Å²) in [6.45, 7) is 8.48. The van der Waals surface area contributed by atoms with Crippen LogP contribution in [0.15, 0.2) is 43.0 Å². The molecule has 2 aromatic heterocycles. The number of hydrogen-bond acceptors (Lipinski definition) is 10. The van der Waals surface area contributed by atoms with Crippen molar-refractivity contribution in [3.63, 3.8) is 0 Å². The number of benzene rings is 1. The quantitative estimate of drug-likeness (QED) is 0.528. The van der Waals surface area contributed by atoms with Crippen LogP contribution in [0.25, 0.3) is 0 Å². The third-order valence-electron chi connectivity index (χ3n) is 5.44. The van der Waals surface area contributed by atoms with Crippen LogP contribution in [0.3, 0.4) is 0 Å². The highest BCUT2D eigenvalue weighted by molar-refractivity contribution is 5.55. The molecule has 0 bridgehead atoms. The molecule has 1 fully saturated rings. The topological polar surface area (TPSA) is 129 Å². The van der Waals surface area contributed by atoms with Crippen molar-refractivity contribution in [1.82, 2.24) is 24.9 Å². The van der Waals surface area contributed by atoms with Gasteiger partial charge in [-0.25, -0.2) is 19.9 Å². The number of rotatable bonds is 6. The maximum absolute atomic E-state index is 10.1. The highest BCUT2D eigenvalue weighted by atomic mass is 16.3. The van der Waals surface area contributed by atoms with Crippen LogP contribution in [-0.2, 0) is 5.60 Å². The number of piperazine rings is 1. The molecule has 0 spiro atoms. The van der Waals surface area contributed by atoms with E-state index in [9.17, 15) is 5.11 Å². The smallest absolute Gasteiger partial charge is 0.231 e. The molecule has 1 aromatic carbocycles. The van der Waals surface area contributed by atoms with Crippen molar-refractivity contribution >= 4 is 23.5 Å². The van der Waals surface area contributed by atoms with Crippen molar-refractivity contribution in [3.8, 4) is 0 Å². The predicted molar refractivity (Wildman–Crippen MR) is 124 cm³/mol. The molecule has 10 heteroatoms. The van der Waals surface area contributed by atoms with E-state index in [0.717, 1.165) is 43.0 Å². The molecule has 0 saturated carbocycles. The summed E-state index contributed by atoms with van der Waals surface area (Å²) < 4.78 is 0. The number of aliphatic hydroxyl groups is 1. The molecule has 3 aromatic rings. The van der Waals surface area contributed by atoms with Gasteiger partial charge in [-0.15, -0.1) is 0 Å². The SMILES string of the molecule is CC(N)c1cnc(N2CCN(c3ncnc(Nc4ccc(C(C)(C)O)cc4)n3)CC2)nc1. The zero-order valence-electron chi connectivity index (χ0n) is 18.6. The highest BCUT2D eigenvalue weighted by Crippen LogP contribution is 2.23. The van der Waals surface area contributed by atoms with Crippen LogP contribution in [0, 0.1) is 0 Å². The highest BCUT2D eigenvalue weighted by Gasteiger charge is 2.21. The Hall–Kier alpha value is -3.37. The van der Waals surface area contributed by atoms with Crippen LogP contribution in [0.4, 0.5) is 23.5 Å². The summed E-state index contributed by atoms with van der Waals surface area (Å²) in [5.41, 5.74) is 7.60. The molecule has 4 N–H and O–H groups in total. The van der Waals surface area contributed by atoms with Gasteiger partial charge in [0.25, 0.3) is 0 Å². The molecule has 1 unspecified atom stereocenters. The molecule has 32 heavy (non-hydrogen) atoms. The summed E-state index contributed by atoms with van der Waals surface area (Å²) in [6.07, 6.45) is 5.09. The Morgan fingerprint density at radius 1 is 0.938 bits per heavy atom. The zero-order chi connectivity index (χ0) is 22.7. The number of anilines is 4. The number of nitrogens with zero attached hydrogens (tertiary/aromatic N) is 7. The Kier molecular flexibility index (Phi) is 6.15. The van der Waals surface area contributed by atoms with Crippen LogP contribution < -0.4 is 20.9 Å². The number of aromatic nitrogens is 5. The van der Waals surface area contributed by atoms with Crippen LogP contribution in [-0.4, -0.2) is 56.2 Å². The van der Waals surface area contributed by atoms with Crippen LogP contribution >= 0.6 is 0 Å². The molecule has 0 radical (unpaired) electrons. The average molecular weight is 436 g/mol. The average Bonchev–Trinajstić information content (AvgIpc) is 2.79. The van der Waals surface area contributed by atoms with Gasteiger partial charge in [-0.3, -0.25) is 0 Å². The number of nitrogens with one attached hydrogen (secondary N) is 1. The molecule has 1 aliphatic heterocycles. The third-order valence-corrected chi connectivity index (χ3v) is 5.44. The fourth-order valence-electron chi connectivity index (χ4n) is 3.43. The van der Waals surface area contributed by atoms with Crippen LogP contribution in [0.2, 0.25) is 0 Å². The maximum Gasteiger partial charge on any atom is 0.231 e. The minimum Gasteiger partial charge on any atom is -0.386 e. The van der Waals surface area contributed by atoms with Gasteiger partial charge < -0.3 is 26.0 Å². The summed E-state index contributed by atoms with van der Waals surface area (Å²) >= 11 is 0. The van der Waals surface area contributed by atoms with E-state index < -0.39 is 5.60 Å². The summed E-state index contributed by atoms with van der Waals surface area (Å²) in [5, 5.41) is 13.3. The van der Waals surface area contributed by atoms with Gasteiger partial charge in [0.15, 0.2) is 0 Å². The summed E-state index contributed by atoms with van der Waals surface area (Å²) in [4.78, 5) is 26.3. The first-order valence-corrected chi connectivity index (χ1v) is 10.7. The second kappa shape index (κ2) is 9.01. The van der Waals surface area contributed by atoms with Gasteiger partial charge >= 0.3 is 0 Å². The Morgan fingerprint density at radius 2 is 1.53 bits per heavy atom. The van der Waals surface area contributed by atoms with Gasteiger partial charge in [0.2, 0.25) is 17.8 Å². The Labute approximate surface area is 187 Å². The lowest BCUT2D eigenvalue weighted by Crippen LogP contribution is -2.47. The van der Waals surface area contributed by atoms with Gasteiger partial charge in [0.05, 0.1) is 5.60 Å². The molecule has 1 saturated heterocycles. The van der Waals surface area contributed by atoms with Crippen molar-refractivity contribution < 1.29 is 5.11 Å². The first kappa shape index (κ1) is 21.8. The molecule has 1 atom stereocenters. The Balaban J connectivity index is 1.38. The van der Waals surface area contributed by atoms with Gasteiger partial charge in [-0.2, -0.15) is 4.98 Å². The minimum atomic E-state index is -0.878. The number of hydrogen-bond donors (Lipinski definition) is 3. The molecule has 3 heterocycles. The lowest BCUT2D eigenvalue weighted by atomic mass is 9.98. The van der Waals surface area contributed by atoms with E-state index in [-0.39, 0.29) is 6.04 Å². The fraction of sp³-hybridized carbons (Fsp3) is 0.409. The van der Waals surface area contributed by atoms with Crippen molar-refractivity contribution in [2.75, 3.05) is 41.3 Å². The first-order valence-electron chi connectivity index (χ1n) is 10.7. The minimum absolute atomic E-state index is 0.0769. The summed E-state index contributed by atoms with van der Waals surface area (Å²) in [7, 11) is 0. The van der Waals surface area contributed by atoms with Crippen molar-refractivity contribution in [2.45, 2.75) is 32.4 Å². The molecule has 168 valence electrons. The predicted octanol–water partition coefficient (Wildman–Crippen LogP) is 1.98. The zero-order valence-corrected chi connectivity index (χ0v) is 18.6. The van der Waals surface area contributed by atoms with E-state index in [1.54, 1.807) is 26.2 Å². The molecule has 4 rings (SSSR count).